The zero-order valence-corrected chi connectivity index (χ0v) is 9.83. The van der Waals surface area contributed by atoms with E-state index >= 15 is 0 Å². The molecule has 0 amide bonds. The van der Waals surface area contributed by atoms with Gasteiger partial charge >= 0.3 is 0 Å². The average molecular weight is 234 g/mol. The van der Waals surface area contributed by atoms with E-state index in [2.05, 4.69) is 10.0 Å². The Balaban J connectivity index is 2.78. The summed E-state index contributed by atoms with van der Waals surface area (Å²) in [6.45, 7) is 3.62. The third-order valence-corrected chi connectivity index (χ3v) is 4.24. The van der Waals surface area contributed by atoms with E-state index in [9.17, 15) is 8.42 Å². The van der Waals surface area contributed by atoms with E-state index in [0.29, 0.717) is 4.90 Å². The zero-order chi connectivity index (χ0) is 10.6. The predicted octanol–water partition coefficient (Wildman–Crippen LogP) is 0.766. The van der Waals surface area contributed by atoms with E-state index in [1.54, 1.807) is 11.4 Å². The molecule has 6 heteroatoms. The van der Waals surface area contributed by atoms with Gasteiger partial charge in [0.2, 0.25) is 10.0 Å². The summed E-state index contributed by atoms with van der Waals surface area (Å²) in [7, 11) is -1.86. The Labute approximate surface area is 88.4 Å². The van der Waals surface area contributed by atoms with E-state index in [-0.39, 0.29) is 0 Å². The summed E-state index contributed by atoms with van der Waals surface area (Å²) in [6, 6.07) is 1.69. The minimum Gasteiger partial charge on any atom is -0.312 e. The first-order valence-corrected chi connectivity index (χ1v) is 6.68. The lowest BCUT2D eigenvalue weighted by Crippen LogP contribution is -2.17. The minimum atomic E-state index is -3.27. The van der Waals surface area contributed by atoms with Gasteiger partial charge in [-0.15, -0.1) is 11.3 Å². The highest BCUT2D eigenvalue weighted by atomic mass is 32.2. The van der Waals surface area contributed by atoms with Crippen molar-refractivity contribution in [2.24, 2.45) is 0 Å². The molecule has 0 aliphatic heterocycles. The average Bonchev–Trinajstić information content (AvgIpc) is 2.63. The Morgan fingerprint density at radius 1 is 1.50 bits per heavy atom. The second-order valence-electron chi connectivity index (χ2n) is 2.74. The molecule has 0 aliphatic carbocycles. The quantitative estimate of drug-likeness (QED) is 0.791. The van der Waals surface area contributed by atoms with Crippen molar-refractivity contribution in [2.45, 2.75) is 18.4 Å². The van der Waals surface area contributed by atoms with Crippen molar-refractivity contribution in [1.29, 1.82) is 0 Å². The van der Waals surface area contributed by atoms with Crippen LogP contribution >= 0.6 is 11.3 Å². The lowest BCUT2D eigenvalue weighted by Gasteiger charge is -1.97. The Morgan fingerprint density at radius 2 is 2.21 bits per heavy atom. The Morgan fingerprint density at radius 3 is 2.79 bits per heavy atom. The van der Waals surface area contributed by atoms with Crippen molar-refractivity contribution >= 4 is 21.4 Å². The van der Waals surface area contributed by atoms with Crippen LogP contribution in [-0.4, -0.2) is 22.0 Å². The second kappa shape index (κ2) is 4.88. The summed E-state index contributed by atoms with van der Waals surface area (Å²) in [5, 5.41) is 4.79. The third-order valence-electron chi connectivity index (χ3n) is 1.76. The van der Waals surface area contributed by atoms with Crippen molar-refractivity contribution < 1.29 is 8.42 Å². The fraction of sp³-hybridized carbons (Fsp3) is 0.500. The smallest absolute Gasteiger partial charge is 0.241 e. The maximum absolute atomic E-state index is 11.4. The van der Waals surface area contributed by atoms with Gasteiger partial charge < -0.3 is 5.32 Å². The van der Waals surface area contributed by atoms with E-state index in [1.165, 1.54) is 18.4 Å². The van der Waals surface area contributed by atoms with Gasteiger partial charge in [0.15, 0.2) is 0 Å². The first-order valence-electron chi connectivity index (χ1n) is 4.32. The molecular weight excluding hydrogens is 220 g/mol. The number of rotatable bonds is 5. The molecule has 0 bridgehead atoms. The molecule has 0 aromatic carbocycles. The van der Waals surface area contributed by atoms with Crippen LogP contribution in [0.3, 0.4) is 0 Å². The molecule has 1 heterocycles. The highest BCUT2D eigenvalue weighted by Crippen LogP contribution is 2.18. The molecule has 0 saturated carbocycles. The van der Waals surface area contributed by atoms with E-state index in [0.717, 1.165) is 18.0 Å². The Bertz CT molecular complexity index is 384. The standard InChI is InChI=1S/C8H14N2O2S2/c1-3-10-5-7-4-8(6-13-7)14(11,12)9-2/h4,6,9-10H,3,5H2,1-2H3. The summed E-state index contributed by atoms with van der Waals surface area (Å²) >= 11 is 1.45. The maximum Gasteiger partial charge on any atom is 0.241 e. The topological polar surface area (TPSA) is 58.2 Å². The number of hydrogen-bond donors (Lipinski definition) is 2. The highest BCUT2D eigenvalue weighted by molar-refractivity contribution is 7.89. The first-order chi connectivity index (χ1) is 6.60. The van der Waals surface area contributed by atoms with Crippen LogP contribution in [0.4, 0.5) is 0 Å². The van der Waals surface area contributed by atoms with Gasteiger partial charge in [0.05, 0.1) is 4.90 Å². The normalized spacial score (nSPS) is 11.9. The van der Waals surface area contributed by atoms with Crippen molar-refractivity contribution in [1.82, 2.24) is 10.0 Å². The molecule has 1 aromatic heterocycles. The molecule has 14 heavy (non-hydrogen) atoms. The molecule has 2 N–H and O–H groups in total. The van der Waals surface area contributed by atoms with Gasteiger partial charge in [-0.25, -0.2) is 13.1 Å². The Hall–Kier alpha value is -0.430. The number of nitrogens with one attached hydrogen (secondary N) is 2. The summed E-state index contributed by atoms with van der Waals surface area (Å²) < 4.78 is 25.0. The fourth-order valence-corrected chi connectivity index (χ4v) is 2.93. The van der Waals surface area contributed by atoms with Crippen LogP contribution in [0.1, 0.15) is 11.8 Å². The fourth-order valence-electron chi connectivity index (χ4n) is 0.960. The van der Waals surface area contributed by atoms with E-state index < -0.39 is 10.0 Å². The van der Waals surface area contributed by atoms with Crippen LogP contribution in [0.25, 0.3) is 0 Å². The van der Waals surface area contributed by atoms with Crippen LogP contribution in [0, 0.1) is 0 Å². The first kappa shape index (κ1) is 11.6. The minimum absolute atomic E-state index is 0.345. The summed E-state index contributed by atoms with van der Waals surface area (Å²) in [5.41, 5.74) is 0. The van der Waals surface area contributed by atoms with Gasteiger partial charge in [-0.05, 0) is 19.7 Å². The molecule has 0 aliphatic rings. The molecule has 1 aromatic rings. The third kappa shape index (κ3) is 2.78. The summed E-state index contributed by atoms with van der Waals surface area (Å²) in [4.78, 5) is 1.37. The number of hydrogen-bond acceptors (Lipinski definition) is 4. The number of thiophene rings is 1. The molecule has 0 saturated heterocycles. The zero-order valence-electron chi connectivity index (χ0n) is 8.20. The van der Waals surface area contributed by atoms with Crippen LogP contribution in [-0.2, 0) is 16.6 Å². The SMILES string of the molecule is CCNCc1cc(S(=O)(=O)NC)cs1. The predicted molar refractivity (Wildman–Crippen MR) is 57.9 cm³/mol. The molecule has 0 unspecified atom stereocenters. The molecule has 1 rings (SSSR count). The van der Waals surface area contributed by atoms with Crippen molar-refractivity contribution in [3.8, 4) is 0 Å². The van der Waals surface area contributed by atoms with Gasteiger partial charge in [0.1, 0.15) is 0 Å². The largest absolute Gasteiger partial charge is 0.312 e. The van der Waals surface area contributed by atoms with Gasteiger partial charge in [-0.1, -0.05) is 6.92 Å². The number of sulfonamides is 1. The molecule has 4 nitrogen and oxygen atoms in total. The maximum atomic E-state index is 11.4. The highest BCUT2D eigenvalue weighted by Gasteiger charge is 2.12. The molecular formula is C8H14N2O2S2. The second-order valence-corrected chi connectivity index (χ2v) is 5.62. The van der Waals surface area contributed by atoms with Crippen molar-refractivity contribution in [3.63, 3.8) is 0 Å². The monoisotopic (exact) mass is 234 g/mol. The van der Waals surface area contributed by atoms with Gasteiger partial charge in [0, 0.05) is 16.8 Å². The van der Waals surface area contributed by atoms with E-state index in [4.69, 9.17) is 0 Å². The van der Waals surface area contributed by atoms with Crippen molar-refractivity contribution in [3.05, 3.63) is 16.3 Å². The Kier molecular flexibility index (Phi) is 4.06. The summed E-state index contributed by atoms with van der Waals surface area (Å²) in [6.07, 6.45) is 0. The lowest BCUT2D eigenvalue weighted by atomic mass is 10.4. The molecule has 0 spiro atoms. The van der Waals surface area contributed by atoms with Gasteiger partial charge in [0.25, 0.3) is 0 Å². The summed E-state index contributed by atoms with van der Waals surface area (Å²) in [5.74, 6) is 0. The van der Waals surface area contributed by atoms with Crippen LogP contribution in [0.2, 0.25) is 0 Å². The molecule has 0 atom stereocenters. The van der Waals surface area contributed by atoms with Crippen LogP contribution < -0.4 is 10.0 Å². The van der Waals surface area contributed by atoms with Crippen LogP contribution in [0.15, 0.2) is 16.3 Å². The van der Waals surface area contributed by atoms with Crippen LogP contribution in [0.5, 0.6) is 0 Å². The van der Waals surface area contributed by atoms with E-state index in [1.807, 2.05) is 6.92 Å². The molecule has 0 fully saturated rings. The lowest BCUT2D eigenvalue weighted by molar-refractivity contribution is 0.588. The van der Waals surface area contributed by atoms with Gasteiger partial charge in [-0.2, -0.15) is 0 Å². The molecule has 80 valence electrons. The van der Waals surface area contributed by atoms with Gasteiger partial charge in [-0.3, -0.25) is 0 Å². The molecule has 0 radical (unpaired) electrons. The van der Waals surface area contributed by atoms with Crippen molar-refractivity contribution in [2.75, 3.05) is 13.6 Å².